The van der Waals surface area contributed by atoms with E-state index in [2.05, 4.69) is 4.98 Å². The molecule has 2 aromatic rings. The fraction of sp³-hybridized carbons (Fsp3) is 0.250. The highest BCUT2D eigenvalue weighted by Gasteiger charge is 2.31. The third-order valence-electron chi connectivity index (χ3n) is 2.38. The van der Waals surface area contributed by atoms with E-state index in [1.807, 2.05) is 19.1 Å². The fourth-order valence-corrected chi connectivity index (χ4v) is 2.62. The lowest BCUT2D eigenvalue weighted by Gasteiger charge is -2.08. The molecule has 1 nitrogen and oxygen atoms in total. The summed E-state index contributed by atoms with van der Waals surface area (Å²) in [6, 6.07) is 4.80. The molecule has 0 radical (unpaired) electrons. The van der Waals surface area contributed by atoms with Crippen molar-refractivity contribution in [3.63, 3.8) is 0 Å². The van der Waals surface area contributed by atoms with Crippen LogP contribution in [0.15, 0.2) is 24.4 Å². The predicted octanol–water partition coefficient (Wildman–Crippen LogP) is 4.71. The molecule has 2 aromatic heterocycles. The maximum absolute atomic E-state index is 12.4. The lowest BCUT2D eigenvalue weighted by Crippen LogP contribution is -2.06. The zero-order chi connectivity index (χ0) is 13.3. The summed E-state index contributed by atoms with van der Waals surface area (Å²) in [5.74, 6) is 0. The van der Waals surface area contributed by atoms with Gasteiger partial charge >= 0.3 is 6.18 Å². The van der Waals surface area contributed by atoms with Crippen LogP contribution >= 0.6 is 22.9 Å². The molecule has 18 heavy (non-hydrogen) atoms. The summed E-state index contributed by atoms with van der Waals surface area (Å²) in [5.41, 5.74) is -0.356. The lowest BCUT2D eigenvalue weighted by atomic mass is 10.2. The zero-order valence-corrected chi connectivity index (χ0v) is 11.0. The van der Waals surface area contributed by atoms with Gasteiger partial charge in [-0.1, -0.05) is 11.6 Å². The molecule has 96 valence electrons. The minimum Gasteiger partial charge on any atom is -0.259 e. The number of hydrogen-bond acceptors (Lipinski definition) is 2. The average Bonchev–Trinajstić information content (AvgIpc) is 2.65. The van der Waals surface area contributed by atoms with Gasteiger partial charge < -0.3 is 0 Å². The van der Waals surface area contributed by atoms with E-state index in [-0.39, 0.29) is 5.02 Å². The number of rotatable bonds is 2. The molecule has 0 atom stereocenters. The highest BCUT2D eigenvalue weighted by atomic mass is 35.5. The first-order valence-electron chi connectivity index (χ1n) is 5.13. The number of pyridine rings is 1. The van der Waals surface area contributed by atoms with E-state index < -0.39 is 11.7 Å². The normalized spacial score (nSPS) is 11.8. The predicted molar refractivity (Wildman–Crippen MR) is 66.1 cm³/mol. The Morgan fingerprint density at radius 2 is 2.06 bits per heavy atom. The van der Waals surface area contributed by atoms with E-state index in [9.17, 15) is 13.2 Å². The number of hydrogen-bond donors (Lipinski definition) is 0. The lowest BCUT2D eigenvalue weighted by molar-refractivity contribution is -0.137. The molecule has 0 aliphatic carbocycles. The van der Waals surface area contributed by atoms with Crippen molar-refractivity contribution in [2.75, 3.05) is 0 Å². The largest absolute Gasteiger partial charge is 0.417 e. The maximum atomic E-state index is 12.4. The van der Waals surface area contributed by atoms with Crippen molar-refractivity contribution in [1.82, 2.24) is 4.98 Å². The Labute approximate surface area is 111 Å². The second-order valence-electron chi connectivity index (χ2n) is 3.84. The van der Waals surface area contributed by atoms with Crippen molar-refractivity contribution in [3.05, 3.63) is 50.4 Å². The zero-order valence-electron chi connectivity index (χ0n) is 9.38. The molecule has 0 aliphatic rings. The first-order valence-corrected chi connectivity index (χ1v) is 6.32. The molecule has 6 heteroatoms. The van der Waals surface area contributed by atoms with E-state index in [4.69, 9.17) is 11.6 Å². The highest BCUT2D eigenvalue weighted by molar-refractivity contribution is 7.11. The molecule has 0 spiro atoms. The van der Waals surface area contributed by atoms with Gasteiger partial charge in [0.05, 0.1) is 16.3 Å². The third kappa shape index (κ3) is 3.03. The van der Waals surface area contributed by atoms with Gasteiger partial charge in [-0.15, -0.1) is 11.3 Å². The fourth-order valence-electron chi connectivity index (χ4n) is 1.50. The number of halogens is 4. The minimum absolute atomic E-state index is 0.0517. The average molecular weight is 292 g/mol. The van der Waals surface area contributed by atoms with Crippen molar-refractivity contribution < 1.29 is 13.2 Å². The molecular formula is C12H9ClF3NS. The molecule has 0 bridgehead atoms. The summed E-state index contributed by atoms with van der Waals surface area (Å²) < 4.78 is 37.3. The van der Waals surface area contributed by atoms with Gasteiger partial charge in [0.15, 0.2) is 0 Å². The Balaban J connectivity index is 2.25. The highest BCUT2D eigenvalue weighted by Crippen LogP contribution is 2.31. The summed E-state index contributed by atoms with van der Waals surface area (Å²) in [4.78, 5) is 5.98. The number of aromatic nitrogens is 1. The van der Waals surface area contributed by atoms with Gasteiger partial charge in [-0.05, 0) is 25.1 Å². The number of alkyl halides is 3. The van der Waals surface area contributed by atoms with Crippen LogP contribution in [0, 0.1) is 6.92 Å². The molecule has 2 heterocycles. The minimum atomic E-state index is -4.41. The summed E-state index contributed by atoms with van der Waals surface area (Å²) in [7, 11) is 0. The molecule has 2 rings (SSSR count). The van der Waals surface area contributed by atoms with Crippen molar-refractivity contribution >= 4 is 22.9 Å². The molecule has 0 aromatic carbocycles. The van der Waals surface area contributed by atoms with Gasteiger partial charge in [-0.3, -0.25) is 4.98 Å². The van der Waals surface area contributed by atoms with Gasteiger partial charge in [0.2, 0.25) is 0 Å². The number of nitrogens with zero attached hydrogens (tertiary/aromatic N) is 1. The quantitative estimate of drug-likeness (QED) is 0.780. The molecule has 0 aliphatic heterocycles. The maximum Gasteiger partial charge on any atom is 0.417 e. The second-order valence-corrected chi connectivity index (χ2v) is 5.62. The summed E-state index contributed by atoms with van der Waals surface area (Å²) in [6.45, 7) is 1.97. The van der Waals surface area contributed by atoms with Gasteiger partial charge in [0.25, 0.3) is 0 Å². The van der Waals surface area contributed by atoms with Crippen LogP contribution in [0.3, 0.4) is 0 Å². The van der Waals surface area contributed by atoms with Gasteiger partial charge in [-0.2, -0.15) is 13.2 Å². The number of aryl methyl sites for hydroxylation is 1. The van der Waals surface area contributed by atoms with Crippen molar-refractivity contribution in [2.45, 2.75) is 19.5 Å². The third-order valence-corrected chi connectivity index (χ3v) is 3.71. The number of thiophene rings is 1. The van der Waals surface area contributed by atoms with Crippen LogP contribution in [-0.2, 0) is 12.6 Å². The van der Waals surface area contributed by atoms with E-state index >= 15 is 0 Å². The van der Waals surface area contributed by atoms with Crippen LogP contribution in [-0.4, -0.2) is 4.98 Å². The van der Waals surface area contributed by atoms with Gasteiger partial charge in [-0.25, -0.2) is 0 Å². The molecular weight excluding hydrogens is 283 g/mol. The molecule has 0 unspecified atom stereocenters. The van der Waals surface area contributed by atoms with E-state index in [1.165, 1.54) is 0 Å². The molecule has 0 saturated carbocycles. The molecule has 0 amide bonds. The Morgan fingerprint density at radius 1 is 1.33 bits per heavy atom. The first kappa shape index (κ1) is 13.4. The Morgan fingerprint density at radius 3 is 2.56 bits per heavy atom. The van der Waals surface area contributed by atoms with Crippen LogP contribution in [0.5, 0.6) is 0 Å². The molecule has 0 saturated heterocycles. The summed E-state index contributed by atoms with van der Waals surface area (Å²) in [6.07, 6.45) is -3.13. The smallest absolute Gasteiger partial charge is 0.259 e. The SMILES string of the molecule is Cc1ccc(Cc2ncc(C(F)(F)F)cc2Cl)s1. The Hall–Kier alpha value is -1.07. The van der Waals surface area contributed by atoms with Crippen molar-refractivity contribution in [1.29, 1.82) is 0 Å². The van der Waals surface area contributed by atoms with Crippen LogP contribution in [0.25, 0.3) is 0 Å². The standard InChI is InChI=1S/C12H9ClF3NS/c1-7-2-3-9(18-7)5-11-10(13)4-8(6-17-11)12(14,15)16/h2-4,6H,5H2,1H3. The first-order chi connectivity index (χ1) is 8.36. The molecule has 0 fully saturated rings. The second kappa shape index (κ2) is 4.90. The van der Waals surface area contributed by atoms with Gasteiger partial charge in [0.1, 0.15) is 0 Å². The van der Waals surface area contributed by atoms with Crippen molar-refractivity contribution in [3.8, 4) is 0 Å². The summed E-state index contributed by atoms with van der Waals surface area (Å²) >= 11 is 7.41. The Kier molecular flexibility index (Phi) is 3.64. The topological polar surface area (TPSA) is 12.9 Å². The van der Waals surface area contributed by atoms with Crippen LogP contribution in [0.2, 0.25) is 5.02 Å². The van der Waals surface area contributed by atoms with Crippen LogP contribution in [0.4, 0.5) is 13.2 Å². The van der Waals surface area contributed by atoms with Crippen molar-refractivity contribution in [2.24, 2.45) is 0 Å². The van der Waals surface area contributed by atoms with Gasteiger partial charge in [0, 0.05) is 22.4 Å². The molecule has 0 N–H and O–H groups in total. The summed E-state index contributed by atoms with van der Waals surface area (Å²) in [5, 5.41) is 0.0517. The van der Waals surface area contributed by atoms with E-state index in [0.717, 1.165) is 22.0 Å². The van der Waals surface area contributed by atoms with E-state index in [1.54, 1.807) is 11.3 Å². The Bertz CT molecular complexity index is 563. The van der Waals surface area contributed by atoms with Crippen LogP contribution < -0.4 is 0 Å². The van der Waals surface area contributed by atoms with Crippen LogP contribution in [0.1, 0.15) is 21.0 Å². The monoisotopic (exact) mass is 291 g/mol. The van der Waals surface area contributed by atoms with E-state index in [0.29, 0.717) is 12.1 Å².